The second kappa shape index (κ2) is 2.60. The number of rotatable bonds is 0. The molecule has 0 spiro atoms. The summed E-state index contributed by atoms with van der Waals surface area (Å²) in [5, 5.41) is 3.52. The largest absolute Gasteiger partial charge is 0.304 e. The van der Waals surface area contributed by atoms with Crippen molar-refractivity contribution in [3.05, 3.63) is 35.5 Å². The van der Waals surface area contributed by atoms with Gasteiger partial charge in [-0.2, -0.15) is 0 Å². The fraction of sp³-hybridized carbons (Fsp3) is 0.455. The molecule has 0 fully saturated rings. The molecule has 0 aromatic carbocycles. The van der Waals surface area contributed by atoms with E-state index >= 15 is 0 Å². The Morgan fingerprint density at radius 1 is 1.50 bits per heavy atom. The van der Waals surface area contributed by atoms with Crippen LogP contribution in [0, 0.1) is 0 Å². The Labute approximate surface area is 73.9 Å². The summed E-state index contributed by atoms with van der Waals surface area (Å²) >= 11 is 0. The van der Waals surface area contributed by atoms with Crippen molar-refractivity contribution in [3.63, 3.8) is 0 Å². The van der Waals surface area contributed by atoms with Crippen molar-refractivity contribution in [2.24, 2.45) is 0 Å². The normalized spacial score (nSPS) is 33.8. The van der Waals surface area contributed by atoms with Crippen LogP contribution in [0.3, 0.4) is 0 Å². The maximum Gasteiger partial charge on any atom is 0.0443 e. The van der Waals surface area contributed by atoms with Gasteiger partial charge in [-0.25, -0.2) is 0 Å². The van der Waals surface area contributed by atoms with E-state index in [4.69, 9.17) is 0 Å². The lowest BCUT2D eigenvalue weighted by atomic mass is 9.81. The minimum Gasteiger partial charge on any atom is -0.304 e. The van der Waals surface area contributed by atoms with Crippen molar-refractivity contribution in [1.82, 2.24) is 5.32 Å². The van der Waals surface area contributed by atoms with Crippen molar-refractivity contribution in [2.45, 2.75) is 25.8 Å². The second-order valence-corrected chi connectivity index (χ2v) is 3.87. The van der Waals surface area contributed by atoms with Crippen LogP contribution in [0.5, 0.6) is 0 Å². The summed E-state index contributed by atoms with van der Waals surface area (Å²) in [6.45, 7) is 5.43. The standard InChI is InChI=1S/C11H15N/c1-9-5-6-11(2)10(8-9)4-3-7-12-11/h3-5,8,12H,6-7H2,1-2H3/t11-/m1/s1. The van der Waals surface area contributed by atoms with Crippen LogP contribution in [-0.2, 0) is 0 Å². The van der Waals surface area contributed by atoms with Crippen molar-refractivity contribution >= 4 is 0 Å². The zero-order valence-electron chi connectivity index (χ0n) is 7.72. The number of nitrogens with one attached hydrogen (secondary N) is 1. The van der Waals surface area contributed by atoms with Gasteiger partial charge in [0.05, 0.1) is 0 Å². The molecule has 1 heterocycles. The third-order valence-corrected chi connectivity index (χ3v) is 2.76. The Morgan fingerprint density at radius 2 is 2.33 bits per heavy atom. The molecule has 1 nitrogen and oxygen atoms in total. The Kier molecular flexibility index (Phi) is 1.69. The second-order valence-electron chi connectivity index (χ2n) is 3.87. The van der Waals surface area contributed by atoms with Gasteiger partial charge in [0.1, 0.15) is 0 Å². The molecule has 1 N–H and O–H groups in total. The van der Waals surface area contributed by atoms with Gasteiger partial charge in [-0.15, -0.1) is 0 Å². The van der Waals surface area contributed by atoms with Crippen molar-refractivity contribution in [1.29, 1.82) is 0 Å². The van der Waals surface area contributed by atoms with Gasteiger partial charge in [-0.1, -0.05) is 29.9 Å². The predicted molar refractivity (Wildman–Crippen MR) is 52.0 cm³/mol. The average Bonchev–Trinajstić information content (AvgIpc) is 2.06. The maximum absolute atomic E-state index is 3.52. The highest BCUT2D eigenvalue weighted by Gasteiger charge is 2.29. The molecule has 2 rings (SSSR count). The summed E-state index contributed by atoms with van der Waals surface area (Å²) in [4.78, 5) is 0. The number of hydrogen-bond acceptors (Lipinski definition) is 1. The third kappa shape index (κ3) is 1.14. The van der Waals surface area contributed by atoms with Gasteiger partial charge in [-0.3, -0.25) is 0 Å². The minimum absolute atomic E-state index is 0.203. The first-order valence-electron chi connectivity index (χ1n) is 4.51. The molecule has 1 aliphatic heterocycles. The van der Waals surface area contributed by atoms with Gasteiger partial charge in [0.25, 0.3) is 0 Å². The number of allylic oxidation sites excluding steroid dienone is 2. The van der Waals surface area contributed by atoms with Crippen LogP contribution in [0.1, 0.15) is 20.3 Å². The lowest BCUT2D eigenvalue weighted by molar-refractivity contribution is 0.432. The topological polar surface area (TPSA) is 12.0 Å². The summed E-state index contributed by atoms with van der Waals surface area (Å²) in [5.74, 6) is 0. The summed E-state index contributed by atoms with van der Waals surface area (Å²) in [6, 6.07) is 0. The number of fused-ring (bicyclic) bond motifs is 1. The molecule has 0 unspecified atom stereocenters. The molecule has 64 valence electrons. The van der Waals surface area contributed by atoms with E-state index in [0.717, 1.165) is 13.0 Å². The minimum atomic E-state index is 0.203. The molecule has 0 aromatic heterocycles. The molecule has 2 aliphatic rings. The van der Waals surface area contributed by atoms with Crippen molar-refractivity contribution in [2.75, 3.05) is 6.54 Å². The van der Waals surface area contributed by atoms with E-state index in [0.29, 0.717) is 0 Å². The van der Waals surface area contributed by atoms with Gasteiger partial charge >= 0.3 is 0 Å². The molecule has 0 amide bonds. The Morgan fingerprint density at radius 3 is 3.17 bits per heavy atom. The average molecular weight is 161 g/mol. The van der Waals surface area contributed by atoms with Gasteiger partial charge in [-0.05, 0) is 25.8 Å². The van der Waals surface area contributed by atoms with Crippen LogP contribution in [0.2, 0.25) is 0 Å². The van der Waals surface area contributed by atoms with E-state index in [2.05, 4.69) is 43.5 Å². The van der Waals surface area contributed by atoms with Crippen LogP contribution < -0.4 is 5.32 Å². The Balaban J connectivity index is 2.39. The van der Waals surface area contributed by atoms with Crippen LogP contribution in [0.25, 0.3) is 0 Å². The van der Waals surface area contributed by atoms with E-state index in [1.807, 2.05) is 0 Å². The molecular formula is C11H15N. The monoisotopic (exact) mass is 161 g/mol. The number of hydrogen-bond donors (Lipinski definition) is 1. The fourth-order valence-corrected chi connectivity index (χ4v) is 1.82. The summed E-state index contributed by atoms with van der Waals surface area (Å²) in [5.41, 5.74) is 3.01. The summed E-state index contributed by atoms with van der Waals surface area (Å²) in [6.07, 6.45) is 10.1. The van der Waals surface area contributed by atoms with Gasteiger partial charge < -0.3 is 5.32 Å². The van der Waals surface area contributed by atoms with Crippen LogP contribution in [-0.4, -0.2) is 12.1 Å². The first kappa shape index (κ1) is 7.81. The molecule has 1 atom stereocenters. The van der Waals surface area contributed by atoms with E-state index in [-0.39, 0.29) is 5.54 Å². The predicted octanol–water partition coefficient (Wildman–Crippen LogP) is 2.18. The highest BCUT2D eigenvalue weighted by molar-refractivity contribution is 5.43. The first-order valence-corrected chi connectivity index (χ1v) is 4.51. The molecule has 0 saturated carbocycles. The maximum atomic E-state index is 3.52. The summed E-state index contributed by atoms with van der Waals surface area (Å²) in [7, 11) is 0. The highest BCUT2D eigenvalue weighted by Crippen LogP contribution is 2.30. The van der Waals surface area contributed by atoms with Crippen LogP contribution >= 0.6 is 0 Å². The molecule has 1 aliphatic carbocycles. The smallest absolute Gasteiger partial charge is 0.0443 e. The van der Waals surface area contributed by atoms with Gasteiger partial charge in [0.2, 0.25) is 0 Å². The van der Waals surface area contributed by atoms with Gasteiger partial charge in [0, 0.05) is 12.1 Å². The Hall–Kier alpha value is -0.820. The van der Waals surface area contributed by atoms with Gasteiger partial charge in [0.15, 0.2) is 0 Å². The van der Waals surface area contributed by atoms with Crippen molar-refractivity contribution < 1.29 is 0 Å². The molecule has 0 saturated heterocycles. The molecule has 12 heavy (non-hydrogen) atoms. The van der Waals surface area contributed by atoms with Crippen molar-refractivity contribution in [3.8, 4) is 0 Å². The molecule has 1 heteroatoms. The fourth-order valence-electron chi connectivity index (χ4n) is 1.82. The first-order chi connectivity index (χ1) is 5.71. The lowest BCUT2D eigenvalue weighted by Crippen LogP contribution is -2.46. The molecule has 0 aromatic rings. The van der Waals surface area contributed by atoms with Crippen LogP contribution in [0.15, 0.2) is 35.5 Å². The third-order valence-electron chi connectivity index (χ3n) is 2.76. The van der Waals surface area contributed by atoms with E-state index < -0.39 is 0 Å². The highest BCUT2D eigenvalue weighted by atomic mass is 15.0. The molecule has 0 radical (unpaired) electrons. The molecular weight excluding hydrogens is 146 g/mol. The SMILES string of the molecule is CC1=CC[C@@]2(C)NCC=CC2=C1. The quantitative estimate of drug-likeness (QED) is 0.574. The zero-order valence-corrected chi connectivity index (χ0v) is 7.72. The van der Waals surface area contributed by atoms with E-state index in [1.165, 1.54) is 11.1 Å². The molecule has 0 bridgehead atoms. The summed E-state index contributed by atoms with van der Waals surface area (Å²) < 4.78 is 0. The van der Waals surface area contributed by atoms with Crippen LogP contribution in [0.4, 0.5) is 0 Å². The van der Waals surface area contributed by atoms with E-state index in [9.17, 15) is 0 Å². The zero-order chi connectivity index (χ0) is 8.60. The van der Waals surface area contributed by atoms with E-state index in [1.54, 1.807) is 0 Å². The Bertz CT molecular complexity index is 283. The lowest BCUT2D eigenvalue weighted by Gasteiger charge is -2.36.